The summed E-state index contributed by atoms with van der Waals surface area (Å²) in [4.78, 5) is 4.28. The first-order valence-electron chi connectivity index (χ1n) is 5.38. The largest absolute Gasteiger partial charge is 0.288 e. The number of rotatable bonds is 3. The summed E-state index contributed by atoms with van der Waals surface area (Å²) >= 11 is 0. The zero-order valence-electron chi connectivity index (χ0n) is 9.99. The maximum atomic E-state index is 4.28. The number of allylic oxidation sites excluding steroid dienone is 2. The number of hydrogen-bond donors (Lipinski definition) is 0. The Morgan fingerprint density at radius 2 is 2.07 bits per heavy atom. The Morgan fingerprint density at radius 1 is 1.33 bits per heavy atom. The van der Waals surface area contributed by atoms with E-state index in [2.05, 4.69) is 43.1 Å². The second kappa shape index (κ2) is 5.50. The Bertz CT molecular complexity index is 373. The van der Waals surface area contributed by atoms with E-state index in [1.165, 1.54) is 11.1 Å². The van der Waals surface area contributed by atoms with Crippen LogP contribution in [0.4, 0.5) is 0 Å². The molecule has 0 aliphatic carbocycles. The molecule has 0 radical (unpaired) electrons. The fourth-order valence-corrected chi connectivity index (χ4v) is 1.51. The van der Waals surface area contributed by atoms with Gasteiger partial charge in [-0.2, -0.15) is 0 Å². The van der Waals surface area contributed by atoms with Gasteiger partial charge in [0.15, 0.2) is 0 Å². The lowest BCUT2D eigenvalue weighted by Gasteiger charge is -2.07. The van der Waals surface area contributed by atoms with Gasteiger partial charge in [0.1, 0.15) is 0 Å². The van der Waals surface area contributed by atoms with E-state index in [1.54, 1.807) is 0 Å². The summed E-state index contributed by atoms with van der Waals surface area (Å²) in [6.45, 7) is 6.42. The molecule has 0 heterocycles. The quantitative estimate of drug-likeness (QED) is 0.659. The van der Waals surface area contributed by atoms with Crippen LogP contribution in [0.2, 0.25) is 0 Å². The summed E-state index contributed by atoms with van der Waals surface area (Å²) in [7, 11) is 1.83. The van der Waals surface area contributed by atoms with Crippen LogP contribution in [0.15, 0.2) is 41.4 Å². The van der Waals surface area contributed by atoms with E-state index < -0.39 is 0 Å². The van der Waals surface area contributed by atoms with Gasteiger partial charge in [0.25, 0.3) is 0 Å². The van der Waals surface area contributed by atoms with Crippen molar-refractivity contribution in [1.82, 2.24) is 0 Å². The van der Waals surface area contributed by atoms with E-state index in [1.807, 2.05) is 26.1 Å². The van der Waals surface area contributed by atoms with Crippen molar-refractivity contribution in [3.8, 4) is 0 Å². The predicted octanol–water partition coefficient (Wildman–Crippen LogP) is 3.81. The van der Waals surface area contributed by atoms with Crippen molar-refractivity contribution in [2.75, 3.05) is 7.05 Å². The normalized spacial score (nSPS) is 12.7. The van der Waals surface area contributed by atoms with Crippen LogP contribution in [0.1, 0.15) is 37.8 Å². The van der Waals surface area contributed by atoms with E-state index in [0.717, 1.165) is 5.71 Å². The highest BCUT2D eigenvalue weighted by Crippen LogP contribution is 2.16. The number of aliphatic imine (C=N–C) groups is 1. The summed E-state index contributed by atoms with van der Waals surface area (Å²) in [5, 5.41) is 0. The van der Waals surface area contributed by atoms with Crippen LogP contribution >= 0.6 is 0 Å². The number of nitrogens with zero attached hydrogens (tertiary/aromatic N) is 1. The summed E-state index contributed by atoms with van der Waals surface area (Å²) < 4.78 is 0. The van der Waals surface area contributed by atoms with Gasteiger partial charge in [-0.1, -0.05) is 38.1 Å². The molecule has 0 unspecified atom stereocenters. The van der Waals surface area contributed by atoms with E-state index in [9.17, 15) is 0 Å². The van der Waals surface area contributed by atoms with Gasteiger partial charge in [0.05, 0.1) is 5.71 Å². The lowest BCUT2D eigenvalue weighted by atomic mass is 9.99. The molecule has 0 fully saturated rings. The molecule has 0 amide bonds. The van der Waals surface area contributed by atoms with Gasteiger partial charge in [-0.05, 0) is 36.1 Å². The third kappa shape index (κ3) is 3.05. The molecule has 15 heavy (non-hydrogen) atoms. The van der Waals surface area contributed by atoms with Crippen molar-refractivity contribution in [3.05, 3.63) is 47.5 Å². The fraction of sp³-hybridized carbons (Fsp3) is 0.357. The van der Waals surface area contributed by atoms with E-state index >= 15 is 0 Å². The van der Waals surface area contributed by atoms with E-state index in [0.29, 0.717) is 5.92 Å². The van der Waals surface area contributed by atoms with Crippen LogP contribution in [0.3, 0.4) is 0 Å². The molecule has 1 aromatic rings. The first-order chi connectivity index (χ1) is 7.19. The first kappa shape index (κ1) is 11.7. The van der Waals surface area contributed by atoms with Crippen LogP contribution in [-0.2, 0) is 0 Å². The smallest absolute Gasteiger partial charge is 0.0639 e. The van der Waals surface area contributed by atoms with Gasteiger partial charge in [-0.3, -0.25) is 4.99 Å². The molecular weight excluding hydrogens is 182 g/mol. The van der Waals surface area contributed by atoms with Crippen LogP contribution < -0.4 is 0 Å². The van der Waals surface area contributed by atoms with Crippen molar-refractivity contribution in [2.24, 2.45) is 4.99 Å². The Kier molecular flexibility index (Phi) is 4.29. The highest BCUT2D eigenvalue weighted by atomic mass is 14.7. The predicted molar refractivity (Wildman–Crippen MR) is 67.8 cm³/mol. The zero-order chi connectivity index (χ0) is 11.3. The van der Waals surface area contributed by atoms with E-state index in [4.69, 9.17) is 0 Å². The molecule has 1 rings (SSSR count). The molecule has 0 spiro atoms. The van der Waals surface area contributed by atoms with Gasteiger partial charge in [0.2, 0.25) is 0 Å². The molecule has 1 aromatic carbocycles. The molecule has 0 atom stereocenters. The van der Waals surface area contributed by atoms with Crippen molar-refractivity contribution in [1.29, 1.82) is 0 Å². The van der Waals surface area contributed by atoms with Crippen molar-refractivity contribution >= 4 is 5.71 Å². The fourth-order valence-electron chi connectivity index (χ4n) is 1.51. The van der Waals surface area contributed by atoms with Crippen LogP contribution in [0, 0.1) is 0 Å². The van der Waals surface area contributed by atoms with E-state index in [-0.39, 0.29) is 0 Å². The molecule has 80 valence electrons. The van der Waals surface area contributed by atoms with Gasteiger partial charge in [-0.15, -0.1) is 0 Å². The third-order valence-electron chi connectivity index (χ3n) is 2.41. The minimum Gasteiger partial charge on any atom is -0.288 e. The Hall–Kier alpha value is -1.37. The highest BCUT2D eigenvalue weighted by molar-refractivity contribution is 6.08. The van der Waals surface area contributed by atoms with Crippen molar-refractivity contribution in [3.63, 3.8) is 0 Å². The maximum absolute atomic E-state index is 4.28. The second-order valence-corrected chi connectivity index (χ2v) is 3.89. The molecule has 0 saturated heterocycles. The van der Waals surface area contributed by atoms with Crippen LogP contribution in [0.25, 0.3) is 0 Å². The Balaban J connectivity index is 3.09. The lowest BCUT2D eigenvalue weighted by molar-refractivity contribution is 0.866. The molecule has 0 aliphatic rings. The zero-order valence-corrected chi connectivity index (χ0v) is 9.99. The maximum Gasteiger partial charge on any atom is 0.0639 e. The molecule has 0 bridgehead atoms. The monoisotopic (exact) mass is 201 g/mol. The molecular formula is C14H19N. The van der Waals surface area contributed by atoms with Gasteiger partial charge >= 0.3 is 0 Å². The van der Waals surface area contributed by atoms with Crippen LogP contribution in [0.5, 0.6) is 0 Å². The van der Waals surface area contributed by atoms with Crippen molar-refractivity contribution < 1.29 is 0 Å². The van der Waals surface area contributed by atoms with Crippen LogP contribution in [-0.4, -0.2) is 12.8 Å². The van der Waals surface area contributed by atoms with Gasteiger partial charge in [-0.25, -0.2) is 0 Å². The molecule has 0 N–H and O–H groups in total. The average Bonchev–Trinajstić information content (AvgIpc) is 2.26. The Labute approximate surface area is 92.6 Å². The molecule has 1 heteroatoms. The molecule has 0 aliphatic heterocycles. The molecule has 0 aromatic heterocycles. The molecule has 0 saturated carbocycles. The highest BCUT2D eigenvalue weighted by Gasteiger charge is 2.02. The summed E-state index contributed by atoms with van der Waals surface area (Å²) in [5.41, 5.74) is 3.60. The van der Waals surface area contributed by atoms with Gasteiger partial charge < -0.3 is 0 Å². The van der Waals surface area contributed by atoms with Crippen molar-refractivity contribution in [2.45, 2.75) is 26.7 Å². The number of hydrogen-bond acceptors (Lipinski definition) is 1. The second-order valence-electron chi connectivity index (χ2n) is 3.89. The minimum atomic E-state index is 0.564. The summed E-state index contributed by atoms with van der Waals surface area (Å²) in [5.74, 6) is 0.564. The number of benzene rings is 1. The first-order valence-corrected chi connectivity index (χ1v) is 5.38. The van der Waals surface area contributed by atoms with Gasteiger partial charge in [0, 0.05) is 7.05 Å². The lowest BCUT2D eigenvalue weighted by Crippen LogP contribution is -1.98. The summed E-state index contributed by atoms with van der Waals surface area (Å²) in [6, 6.07) is 8.58. The summed E-state index contributed by atoms with van der Waals surface area (Å²) in [6.07, 6.45) is 4.06. The third-order valence-corrected chi connectivity index (χ3v) is 2.41. The standard InChI is InChI=1S/C14H19N/c1-5-7-14(15-4)13-9-6-8-12(10-13)11(2)3/h5-11H,1-4H3/b7-5-,15-14?. The molecule has 1 nitrogen and oxygen atoms in total. The minimum absolute atomic E-state index is 0.564. The average molecular weight is 201 g/mol. The Morgan fingerprint density at radius 3 is 2.60 bits per heavy atom. The topological polar surface area (TPSA) is 12.4 Å². The SMILES string of the molecule is C/C=C\C(=NC)c1cccc(C(C)C)c1.